The molecule has 0 unspecified atom stereocenters. The fourth-order valence-corrected chi connectivity index (χ4v) is 3.67. The normalized spacial score (nSPS) is 11.1. The lowest BCUT2D eigenvalue weighted by Gasteiger charge is -2.11. The van der Waals surface area contributed by atoms with Gasteiger partial charge in [-0.1, -0.05) is 78.9 Å². The van der Waals surface area contributed by atoms with Crippen molar-refractivity contribution in [2.45, 2.75) is 13.1 Å². The van der Waals surface area contributed by atoms with Crippen LogP contribution in [0.3, 0.4) is 0 Å². The van der Waals surface area contributed by atoms with Crippen LogP contribution in [0.1, 0.15) is 11.1 Å². The Morgan fingerprint density at radius 2 is 1.43 bits per heavy atom. The van der Waals surface area contributed by atoms with E-state index >= 15 is 0 Å². The second kappa shape index (κ2) is 7.20. The maximum atomic E-state index is 4.84. The smallest absolute Gasteiger partial charge is 0.204 e. The predicted octanol–water partition coefficient (Wildman–Crippen LogP) is 5.85. The van der Waals surface area contributed by atoms with Crippen molar-refractivity contribution in [2.24, 2.45) is 0 Å². The van der Waals surface area contributed by atoms with Gasteiger partial charge in [0.25, 0.3) is 0 Å². The highest BCUT2D eigenvalue weighted by Gasteiger charge is 2.10. The molecule has 5 aromatic rings. The van der Waals surface area contributed by atoms with Crippen LogP contribution in [0.2, 0.25) is 0 Å². The summed E-state index contributed by atoms with van der Waals surface area (Å²) in [6.07, 6.45) is 0. The van der Waals surface area contributed by atoms with Crippen molar-refractivity contribution in [1.82, 2.24) is 9.55 Å². The van der Waals surface area contributed by atoms with Crippen LogP contribution in [0.25, 0.3) is 21.8 Å². The lowest BCUT2D eigenvalue weighted by molar-refractivity contribution is 0.822. The summed E-state index contributed by atoms with van der Waals surface area (Å²) < 4.78 is 2.26. The first kappa shape index (κ1) is 16.6. The van der Waals surface area contributed by atoms with E-state index < -0.39 is 0 Å². The first-order chi connectivity index (χ1) is 13.9. The third-order valence-corrected chi connectivity index (χ3v) is 5.10. The van der Waals surface area contributed by atoms with Crippen molar-refractivity contribution >= 4 is 27.8 Å². The Hall–Kier alpha value is -3.59. The van der Waals surface area contributed by atoms with Crippen LogP contribution in [0, 0.1) is 0 Å². The van der Waals surface area contributed by atoms with Crippen molar-refractivity contribution in [2.75, 3.05) is 5.32 Å². The number of nitrogens with one attached hydrogen (secondary N) is 1. The molecule has 0 spiro atoms. The Labute approximate surface area is 164 Å². The molecule has 1 aromatic heterocycles. The van der Waals surface area contributed by atoms with Gasteiger partial charge in [0.1, 0.15) is 0 Å². The van der Waals surface area contributed by atoms with Crippen molar-refractivity contribution < 1.29 is 0 Å². The predicted molar refractivity (Wildman–Crippen MR) is 117 cm³/mol. The van der Waals surface area contributed by atoms with Gasteiger partial charge in [-0.05, 0) is 40.1 Å². The Bertz CT molecular complexity index is 1240. The van der Waals surface area contributed by atoms with Gasteiger partial charge in [0.15, 0.2) is 0 Å². The van der Waals surface area contributed by atoms with Crippen LogP contribution < -0.4 is 5.32 Å². The van der Waals surface area contributed by atoms with Crippen LogP contribution >= 0.6 is 0 Å². The molecule has 3 nitrogen and oxygen atoms in total. The van der Waals surface area contributed by atoms with E-state index in [4.69, 9.17) is 4.98 Å². The molecule has 0 amide bonds. The number of imidazole rings is 1. The van der Waals surface area contributed by atoms with Crippen LogP contribution in [-0.2, 0) is 13.1 Å². The molecule has 0 aliphatic heterocycles. The Balaban J connectivity index is 1.46. The molecule has 0 saturated carbocycles. The largest absolute Gasteiger partial charge is 0.352 e. The summed E-state index contributed by atoms with van der Waals surface area (Å²) in [6, 6.07) is 33.9. The quantitative estimate of drug-likeness (QED) is 0.424. The third kappa shape index (κ3) is 3.23. The summed E-state index contributed by atoms with van der Waals surface area (Å²) in [5.74, 6) is 0.901. The summed E-state index contributed by atoms with van der Waals surface area (Å²) in [5.41, 5.74) is 4.67. The zero-order chi connectivity index (χ0) is 18.8. The maximum Gasteiger partial charge on any atom is 0.204 e. The van der Waals surface area contributed by atoms with E-state index in [9.17, 15) is 0 Å². The minimum Gasteiger partial charge on any atom is -0.352 e. The van der Waals surface area contributed by atoms with E-state index in [0.717, 1.165) is 30.1 Å². The fourth-order valence-electron chi connectivity index (χ4n) is 3.67. The number of para-hydroxylation sites is 2. The second-order valence-corrected chi connectivity index (χ2v) is 7.03. The number of hydrogen-bond acceptors (Lipinski definition) is 2. The minimum atomic E-state index is 0.739. The number of hydrogen-bond donors (Lipinski definition) is 1. The summed E-state index contributed by atoms with van der Waals surface area (Å²) in [6.45, 7) is 1.53. The molecule has 0 bridgehead atoms. The summed E-state index contributed by atoms with van der Waals surface area (Å²) in [4.78, 5) is 4.84. The van der Waals surface area contributed by atoms with Crippen LogP contribution in [0.4, 0.5) is 5.95 Å². The van der Waals surface area contributed by atoms with Gasteiger partial charge in [-0.15, -0.1) is 0 Å². The molecule has 3 heteroatoms. The zero-order valence-corrected chi connectivity index (χ0v) is 15.5. The number of benzene rings is 4. The molecule has 136 valence electrons. The Morgan fingerprint density at radius 1 is 0.679 bits per heavy atom. The van der Waals surface area contributed by atoms with Gasteiger partial charge >= 0.3 is 0 Å². The summed E-state index contributed by atoms with van der Waals surface area (Å²) >= 11 is 0. The minimum absolute atomic E-state index is 0.739. The summed E-state index contributed by atoms with van der Waals surface area (Å²) in [7, 11) is 0. The molecule has 5 rings (SSSR count). The average Bonchev–Trinajstić information content (AvgIpc) is 3.10. The number of aromatic nitrogens is 2. The number of anilines is 1. The van der Waals surface area contributed by atoms with Gasteiger partial charge in [-0.3, -0.25) is 0 Å². The Kier molecular flexibility index (Phi) is 4.26. The molecular formula is C25H21N3. The van der Waals surface area contributed by atoms with E-state index in [-0.39, 0.29) is 0 Å². The van der Waals surface area contributed by atoms with Crippen LogP contribution in [0.5, 0.6) is 0 Å². The molecule has 0 aliphatic rings. The molecule has 0 saturated heterocycles. The van der Waals surface area contributed by atoms with E-state index in [2.05, 4.69) is 101 Å². The van der Waals surface area contributed by atoms with E-state index in [1.165, 1.54) is 21.9 Å². The lowest BCUT2D eigenvalue weighted by atomic mass is 10.1. The molecule has 1 heterocycles. The molecule has 4 aromatic carbocycles. The SMILES string of the molecule is c1ccc(Cn2c(NCc3ccc4ccccc4c3)nc3ccccc32)cc1. The fraction of sp³-hybridized carbons (Fsp3) is 0.0800. The zero-order valence-electron chi connectivity index (χ0n) is 15.5. The van der Waals surface area contributed by atoms with Crippen LogP contribution in [-0.4, -0.2) is 9.55 Å². The van der Waals surface area contributed by atoms with Gasteiger partial charge in [0, 0.05) is 6.54 Å². The average molecular weight is 363 g/mol. The van der Waals surface area contributed by atoms with E-state index in [1.54, 1.807) is 0 Å². The lowest BCUT2D eigenvalue weighted by Crippen LogP contribution is -2.08. The monoisotopic (exact) mass is 363 g/mol. The van der Waals surface area contributed by atoms with Gasteiger partial charge in [0.05, 0.1) is 17.6 Å². The molecule has 0 aliphatic carbocycles. The Morgan fingerprint density at radius 3 is 2.32 bits per heavy atom. The topological polar surface area (TPSA) is 29.9 Å². The first-order valence-electron chi connectivity index (χ1n) is 9.57. The summed E-state index contributed by atoms with van der Waals surface area (Å²) in [5, 5.41) is 6.09. The van der Waals surface area contributed by atoms with Gasteiger partial charge < -0.3 is 9.88 Å². The van der Waals surface area contributed by atoms with E-state index in [1.807, 2.05) is 6.07 Å². The molecule has 0 radical (unpaired) electrons. The van der Waals surface area contributed by atoms with Crippen molar-refractivity contribution in [1.29, 1.82) is 0 Å². The molecular weight excluding hydrogens is 342 g/mol. The van der Waals surface area contributed by atoms with E-state index in [0.29, 0.717) is 0 Å². The second-order valence-electron chi connectivity index (χ2n) is 7.03. The standard InChI is InChI=1S/C25H21N3/c1-2-8-19(9-3-1)18-28-24-13-7-6-12-23(24)27-25(28)26-17-20-14-15-21-10-4-5-11-22(21)16-20/h1-16H,17-18H2,(H,26,27). The van der Waals surface area contributed by atoms with Crippen molar-refractivity contribution in [3.8, 4) is 0 Å². The van der Waals surface area contributed by atoms with Crippen molar-refractivity contribution in [3.63, 3.8) is 0 Å². The molecule has 0 atom stereocenters. The number of nitrogens with zero attached hydrogens (tertiary/aromatic N) is 2. The molecule has 0 fully saturated rings. The first-order valence-corrected chi connectivity index (χ1v) is 9.57. The van der Waals surface area contributed by atoms with Crippen molar-refractivity contribution in [3.05, 3.63) is 108 Å². The highest BCUT2D eigenvalue weighted by Crippen LogP contribution is 2.22. The highest BCUT2D eigenvalue weighted by molar-refractivity contribution is 5.83. The van der Waals surface area contributed by atoms with Gasteiger partial charge in [-0.25, -0.2) is 4.98 Å². The number of fused-ring (bicyclic) bond motifs is 2. The van der Waals surface area contributed by atoms with Crippen LogP contribution in [0.15, 0.2) is 97.1 Å². The maximum absolute atomic E-state index is 4.84. The molecule has 1 N–H and O–H groups in total. The highest BCUT2D eigenvalue weighted by atomic mass is 15.2. The number of rotatable bonds is 5. The molecule has 28 heavy (non-hydrogen) atoms. The van der Waals surface area contributed by atoms with Gasteiger partial charge in [-0.2, -0.15) is 0 Å². The van der Waals surface area contributed by atoms with Gasteiger partial charge in [0.2, 0.25) is 5.95 Å². The third-order valence-electron chi connectivity index (χ3n) is 5.10.